The van der Waals surface area contributed by atoms with Crippen LogP contribution in [0.1, 0.15) is 0 Å². The van der Waals surface area contributed by atoms with Gasteiger partial charge in [-0.2, -0.15) is 11.8 Å². The Balaban J connectivity index is 2.88. The molecule has 100 valence electrons. The van der Waals surface area contributed by atoms with Gasteiger partial charge in [0.1, 0.15) is 11.5 Å². The van der Waals surface area contributed by atoms with Gasteiger partial charge in [-0.15, -0.1) is 0 Å². The van der Waals surface area contributed by atoms with Crippen LogP contribution in [0.5, 0.6) is 0 Å². The molecule has 2 N–H and O–H groups in total. The third-order valence-electron chi connectivity index (χ3n) is 2.64. The Morgan fingerprint density at radius 1 is 1.65 bits per heavy atom. The summed E-state index contributed by atoms with van der Waals surface area (Å²) in [6, 6.07) is 0. The molecule has 1 aliphatic heterocycles. The number of rotatable bonds is 4. The fourth-order valence-electron chi connectivity index (χ4n) is 1.67. The van der Waals surface area contributed by atoms with Gasteiger partial charge in [-0.25, -0.2) is 8.42 Å². The van der Waals surface area contributed by atoms with Crippen LogP contribution in [-0.2, 0) is 19.4 Å². The van der Waals surface area contributed by atoms with E-state index in [1.165, 1.54) is 23.8 Å². The maximum Gasteiger partial charge on any atom is 0.254 e. The van der Waals surface area contributed by atoms with Crippen molar-refractivity contribution in [3.05, 3.63) is 0 Å². The van der Waals surface area contributed by atoms with E-state index in [9.17, 15) is 13.2 Å². The number of sulfone groups is 1. The summed E-state index contributed by atoms with van der Waals surface area (Å²) in [5.74, 6) is 0.801. The second-order valence-corrected chi connectivity index (χ2v) is 7.20. The van der Waals surface area contributed by atoms with Crippen LogP contribution in [-0.4, -0.2) is 68.7 Å². The first-order valence-corrected chi connectivity index (χ1v) is 8.32. The van der Waals surface area contributed by atoms with Crippen LogP contribution in [0.15, 0.2) is 0 Å². The lowest BCUT2D eigenvalue weighted by Gasteiger charge is -2.35. The van der Waals surface area contributed by atoms with E-state index in [1.54, 1.807) is 0 Å². The van der Waals surface area contributed by atoms with E-state index in [-0.39, 0.29) is 12.5 Å². The van der Waals surface area contributed by atoms with Crippen molar-refractivity contribution >= 4 is 27.5 Å². The summed E-state index contributed by atoms with van der Waals surface area (Å²) in [5, 5.41) is -0.766. The van der Waals surface area contributed by atoms with E-state index in [2.05, 4.69) is 0 Å². The lowest BCUT2D eigenvalue weighted by atomic mass is 10.3. The number of nitrogens with two attached hydrogens (primary N) is 1. The topological polar surface area (TPSA) is 89.7 Å². The standard InChI is InChI=1S/C9H18N2O4S2/c1-15-7(5-10)9(12)11-3-4-16-6-8(11)17(2,13)14/h7-8H,3-6,10H2,1-2H3. The van der Waals surface area contributed by atoms with E-state index in [0.29, 0.717) is 12.3 Å². The van der Waals surface area contributed by atoms with Gasteiger partial charge in [-0.1, -0.05) is 0 Å². The van der Waals surface area contributed by atoms with Crippen molar-refractivity contribution in [3.63, 3.8) is 0 Å². The Hall–Kier alpha value is -0.310. The van der Waals surface area contributed by atoms with Crippen molar-refractivity contribution in [2.24, 2.45) is 5.73 Å². The SMILES string of the molecule is COC(CN)C(=O)N1CCSCC1S(C)(=O)=O. The Bertz CT molecular complexity index is 367. The Morgan fingerprint density at radius 3 is 2.76 bits per heavy atom. The minimum Gasteiger partial charge on any atom is -0.370 e. The number of hydrogen-bond donors (Lipinski definition) is 1. The van der Waals surface area contributed by atoms with Gasteiger partial charge in [0.05, 0.1) is 0 Å². The first-order chi connectivity index (χ1) is 7.91. The van der Waals surface area contributed by atoms with Crippen molar-refractivity contribution < 1.29 is 17.9 Å². The van der Waals surface area contributed by atoms with Gasteiger partial charge in [-0.05, 0) is 0 Å². The molecule has 0 saturated carbocycles. The van der Waals surface area contributed by atoms with Crippen molar-refractivity contribution in [2.75, 3.05) is 38.0 Å². The summed E-state index contributed by atoms with van der Waals surface area (Å²) in [6.07, 6.45) is 0.385. The Morgan fingerprint density at radius 2 is 2.29 bits per heavy atom. The number of carbonyl (C=O) groups excluding carboxylic acids is 1. The molecule has 17 heavy (non-hydrogen) atoms. The van der Waals surface area contributed by atoms with Gasteiger partial charge in [-0.3, -0.25) is 4.79 Å². The van der Waals surface area contributed by atoms with Crippen molar-refractivity contribution in [1.82, 2.24) is 4.90 Å². The number of ether oxygens (including phenoxy) is 1. The van der Waals surface area contributed by atoms with Crippen LogP contribution in [0.25, 0.3) is 0 Å². The Labute approximate surface area is 106 Å². The van der Waals surface area contributed by atoms with Gasteiger partial charge < -0.3 is 15.4 Å². The second-order valence-electron chi connectivity index (χ2n) is 3.85. The van der Waals surface area contributed by atoms with E-state index in [0.717, 1.165) is 12.0 Å². The van der Waals surface area contributed by atoms with Crippen LogP contribution in [0.4, 0.5) is 0 Å². The number of nitrogens with zero attached hydrogens (tertiary/aromatic N) is 1. The molecule has 0 radical (unpaired) electrons. The van der Waals surface area contributed by atoms with Crippen LogP contribution in [0.3, 0.4) is 0 Å². The molecule has 0 aromatic rings. The normalized spacial score (nSPS) is 23.5. The highest BCUT2D eigenvalue weighted by molar-refractivity contribution is 8.00. The zero-order valence-corrected chi connectivity index (χ0v) is 11.6. The molecule has 6 nitrogen and oxygen atoms in total. The molecule has 1 amide bonds. The number of carbonyl (C=O) groups is 1. The smallest absolute Gasteiger partial charge is 0.254 e. The van der Waals surface area contributed by atoms with Crippen molar-refractivity contribution in [3.8, 4) is 0 Å². The molecule has 0 bridgehead atoms. The van der Waals surface area contributed by atoms with Crippen LogP contribution < -0.4 is 5.73 Å². The third kappa shape index (κ3) is 3.57. The first-order valence-electron chi connectivity index (χ1n) is 5.21. The van der Waals surface area contributed by atoms with Crippen LogP contribution in [0.2, 0.25) is 0 Å². The molecule has 1 rings (SSSR count). The van der Waals surface area contributed by atoms with Gasteiger partial charge >= 0.3 is 0 Å². The fraction of sp³-hybridized carbons (Fsp3) is 0.889. The summed E-state index contributed by atoms with van der Waals surface area (Å²) < 4.78 is 28.2. The molecule has 0 aromatic heterocycles. The monoisotopic (exact) mass is 282 g/mol. The number of methoxy groups -OCH3 is 1. The summed E-state index contributed by atoms with van der Waals surface area (Å²) >= 11 is 1.53. The number of thioether (sulfide) groups is 1. The van der Waals surface area contributed by atoms with E-state index >= 15 is 0 Å². The molecule has 1 fully saturated rings. The predicted molar refractivity (Wildman–Crippen MR) is 67.5 cm³/mol. The van der Waals surface area contributed by atoms with Crippen LogP contribution in [0, 0.1) is 0 Å². The molecular weight excluding hydrogens is 264 g/mol. The molecule has 1 aliphatic rings. The van der Waals surface area contributed by atoms with E-state index < -0.39 is 21.3 Å². The highest BCUT2D eigenvalue weighted by Crippen LogP contribution is 2.21. The zero-order valence-electron chi connectivity index (χ0n) is 9.96. The average molecular weight is 282 g/mol. The van der Waals surface area contributed by atoms with Crippen molar-refractivity contribution in [2.45, 2.75) is 11.5 Å². The average Bonchev–Trinajstić information content (AvgIpc) is 2.29. The molecule has 1 saturated heterocycles. The molecule has 2 atom stereocenters. The molecular formula is C9H18N2O4S2. The van der Waals surface area contributed by atoms with Gasteiger partial charge in [0.2, 0.25) is 0 Å². The van der Waals surface area contributed by atoms with Gasteiger partial charge in [0.15, 0.2) is 9.84 Å². The highest BCUT2D eigenvalue weighted by atomic mass is 32.2. The summed E-state index contributed by atoms with van der Waals surface area (Å²) in [4.78, 5) is 13.4. The number of amides is 1. The first kappa shape index (κ1) is 14.7. The lowest BCUT2D eigenvalue weighted by molar-refractivity contribution is -0.141. The van der Waals surface area contributed by atoms with Crippen LogP contribution >= 0.6 is 11.8 Å². The molecule has 2 unspecified atom stereocenters. The van der Waals surface area contributed by atoms with E-state index in [4.69, 9.17) is 10.5 Å². The molecule has 0 spiro atoms. The molecule has 8 heteroatoms. The molecule has 0 aromatic carbocycles. The highest BCUT2D eigenvalue weighted by Gasteiger charge is 2.36. The minimum absolute atomic E-state index is 0.0510. The largest absolute Gasteiger partial charge is 0.370 e. The summed E-state index contributed by atoms with van der Waals surface area (Å²) in [5.41, 5.74) is 5.42. The molecule has 1 heterocycles. The maximum absolute atomic E-state index is 12.1. The lowest BCUT2D eigenvalue weighted by Crippen LogP contribution is -2.54. The zero-order chi connectivity index (χ0) is 13.1. The minimum atomic E-state index is -3.28. The summed E-state index contributed by atoms with van der Waals surface area (Å²) in [6.45, 7) is 0.469. The quantitative estimate of drug-likeness (QED) is 0.704. The van der Waals surface area contributed by atoms with Crippen molar-refractivity contribution in [1.29, 1.82) is 0 Å². The third-order valence-corrected chi connectivity index (χ3v) is 5.28. The molecule has 0 aliphatic carbocycles. The fourth-order valence-corrected chi connectivity index (χ4v) is 4.49. The Kier molecular flexibility index (Phi) is 5.23. The number of hydrogen-bond acceptors (Lipinski definition) is 6. The van der Waals surface area contributed by atoms with Gasteiger partial charge in [0, 0.05) is 38.0 Å². The van der Waals surface area contributed by atoms with Gasteiger partial charge in [0.25, 0.3) is 5.91 Å². The maximum atomic E-state index is 12.1. The predicted octanol–water partition coefficient (Wildman–Crippen LogP) is -1.09. The second kappa shape index (κ2) is 6.03. The summed E-state index contributed by atoms with van der Waals surface area (Å²) in [7, 11) is -1.89. The van der Waals surface area contributed by atoms with E-state index in [1.807, 2.05) is 0 Å².